The molecule has 0 aliphatic carbocycles. The van der Waals surface area contributed by atoms with Gasteiger partial charge in [-0.15, -0.1) is 0 Å². The Bertz CT molecular complexity index is 934. The maximum atomic E-state index is 11.5. The fraction of sp³-hybridized carbons (Fsp3) is 0.381. The first-order valence-electron chi connectivity index (χ1n) is 9.77. The standard InChI is InChI=1S/C21H25N5O3S/c1-25-9-11-26(12-10-25)21-23-19(28-2)18(20(24-21)29-3)30-15-6-4-5-14(13-15)16-7-8-17(27)22-16/h4-8,13,16H,9-12H2,1-3H3,(H,22,27). The summed E-state index contributed by atoms with van der Waals surface area (Å²) in [7, 11) is 5.32. The number of carbonyl (C=O) groups is 1. The number of nitrogens with zero attached hydrogens (tertiary/aromatic N) is 4. The molecule has 4 rings (SSSR count). The van der Waals surface area contributed by atoms with Gasteiger partial charge in [0.2, 0.25) is 23.6 Å². The molecule has 8 nitrogen and oxygen atoms in total. The molecule has 1 amide bonds. The van der Waals surface area contributed by atoms with Crippen LogP contribution in [0.25, 0.3) is 0 Å². The minimum atomic E-state index is -0.113. The van der Waals surface area contributed by atoms with Crippen LogP contribution in [0.1, 0.15) is 11.6 Å². The number of anilines is 1. The molecule has 0 spiro atoms. The van der Waals surface area contributed by atoms with Crippen molar-refractivity contribution in [2.24, 2.45) is 0 Å². The molecule has 0 saturated carbocycles. The van der Waals surface area contributed by atoms with Crippen LogP contribution in [0.3, 0.4) is 0 Å². The second-order valence-electron chi connectivity index (χ2n) is 7.18. The molecule has 1 aromatic carbocycles. The number of benzene rings is 1. The Kier molecular flexibility index (Phi) is 6.10. The second-order valence-corrected chi connectivity index (χ2v) is 8.27. The van der Waals surface area contributed by atoms with Gasteiger partial charge in [-0.1, -0.05) is 30.0 Å². The van der Waals surface area contributed by atoms with Crippen molar-refractivity contribution in [2.75, 3.05) is 52.3 Å². The Morgan fingerprint density at radius 1 is 1.10 bits per heavy atom. The first-order valence-corrected chi connectivity index (χ1v) is 10.6. The summed E-state index contributed by atoms with van der Waals surface area (Å²) >= 11 is 1.48. The second kappa shape index (κ2) is 8.93. The van der Waals surface area contributed by atoms with Crippen LogP contribution in [0, 0.1) is 0 Å². The lowest BCUT2D eigenvalue weighted by Gasteiger charge is -2.32. The third-order valence-electron chi connectivity index (χ3n) is 5.14. The van der Waals surface area contributed by atoms with E-state index >= 15 is 0 Å². The summed E-state index contributed by atoms with van der Waals surface area (Å²) in [4.78, 5) is 26.9. The topological polar surface area (TPSA) is 79.8 Å². The van der Waals surface area contributed by atoms with Gasteiger partial charge in [0.1, 0.15) is 4.90 Å². The quantitative estimate of drug-likeness (QED) is 0.751. The fourth-order valence-electron chi connectivity index (χ4n) is 3.43. The van der Waals surface area contributed by atoms with E-state index in [0.717, 1.165) is 41.5 Å². The lowest BCUT2D eigenvalue weighted by atomic mass is 10.1. The number of piperazine rings is 1. The highest BCUT2D eigenvalue weighted by atomic mass is 32.2. The van der Waals surface area contributed by atoms with E-state index in [9.17, 15) is 4.79 Å². The molecule has 158 valence electrons. The summed E-state index contributed by atoms with van der Waals surface area (Å²) in [6.07, 6.45) is 3.42. The zero-order valence-corrected chi connectivity index (χ0v) is 18.1. The molecule has 3 heterocycles. The Morgan fingerprint density at radius 3 is 2.40 bits per heavy atom. The summed E-state index contributed by atoms with van der Waals surface area (Å²) in [5, 5.41) is 2.91. The van der Waals surface area contributed by atoms with Crippen molar-refractivity contribution in [1.82, 2.24) is 20.2 Å². The molecule has 1 saturated heterocycles. The van der Waals surface area contributed by atoms with E-state index < -0.39 is 0 Å². The molecule has 2 aliphatic rings. The summed E-state index contributed by atoms with van der Waals surface area (Å²) in [5.41, 5.74) is 1.01. The molecule has 1 aromatic heterocycles. The van der Waals surface area contributed by atoms with E-state index in [2.05, 4.69) is 32.1 Å². The maximum absolute atomic E-state index is 11.5. The number of amides is 1. The number of nitrogens with one attached hydrogen (secondary N) is 1. The monoisotopic (exact) mass is 427 g/mol. The van der Waals surface area contributed by atoms with E-state index in [-0.39, 0.29) is 11.9 Å². The van der Waals surface area contributed by atoms with Crippen LogP contribution in [0.15, 0.2) is 46.2 Å². The van der Waals surface area contributed by atoms with Gasteiger partial charge in [0.05, 0.1) is 20.3 Å². The number of methoxy groups -OCH3 is 2. The lowest BCUT2D eigenvalue weighted by Crippen LogP contribution is -2.45. The first kappa shape index (κ1) is 20.5. The zero-order valence-electron chi connectivity index (χ0n) is 17.3. The molecule has 1 atom stereocenters. The smallest absolute Gasteiger partial charge is 0.244 e. The number of hydrogen-bond donors (Lipinski definition) is 1. The van der Waals surface area contributed by atoms with Gasteiger partial charge >= 0.3 is 0 Å². The number of ether oxygens (including phenoxy) is 2. The summed E-state index contributed by atoms with van der Waals surface area (Å²) in [6.45, 7) is 3.64. The maximum Gasteiger partial charge on any atom is 0.244 e. The van der Waals surface area contributed by atoms with Crippen molar-refractivity contribution < 1.29 is 14.3 Å². The van der Waals surface area contributed by atoms with Crippen LogP contribution in [-0.2, 0) is 4.79 Å². The third kappa shape index (κ3) is 4.36. The lowest BCUT2D eigenvalue weighted by molar-refractivity contribution is -0.116. The third-order valence-corrected chi connectivity index (χ3v) is 6.18. The van der Waals surface area contributed by atoms with Gasteiger partial charge in [0.15, 0.2) is 0 Å². The number of likely N-dealkylation sites (N-methyl/N-ethyl adjacent to an activating group) is 1. The zero-order chi connectivity index (χ0) is 21.1. The summed E-state index contributed by atoms with van der Waals surface area (Å²) in [6, 6.07) is 7.89. The van der Waals surface area contributed by atoms with Crippen LogP contribution in [0.5, 0.6) is 11.8 Å². The minimum absolute atomic E-state index is 0.0747. The van der Waals surface area contributed by atoms with Gasteiger partial charge in [-0.3, -0.25) is 4.79 Å². The van der Waals surface area contributed by atoms with Crippen LogP contribution in [-0.4, -0.2) is 68.2 Å². The van der Waals surface area contributed by atoms with Gasteiger partial charge in [-0.05, 0) is 24.7 Å². The molecule has 2 aliphatic heterocycles. The number of carbonyl (C=O) groups excluding carboxylic acids is 1. The number of aromatic nitrogens is 2. The van der Waals surface area contributed by atoms with Crippen molar-refractivity contribution in [2.45, 2.75) is 15.8 Å². The van der Waals surface area contributed by atoms with Gasteiger partial charge < -0.3 is 24.6 Å². The highest BCUT2D eigenvalue weighted by Gasteiger charge is 2.23. The molecule has 2 aromatic rings. The van der Waals surface area contributed by atoms with Crippen molar-refractivity contribution in [1.29, 1.82) is 0 Å². The largest absolute Gasteiger partial charge is 0.480 e. The van der Waals surface area contributed by atoms with Gasteiger partial charge in [-0.25, -0.2) is 0 Å². The highest BCUT2D eigenvalue weighted by Crippen LogP contribution is 2.41. The van der Waals surface area contributed by atoms with E-state index in [1.54, 1.807) is 20.3 Å². The van der Waals surface area contributed by atoms with E-state index in [0.29, 0.717) is 17.7 Å². The average molecular weight is 428 g/mol. The molecule has 0 bridgehead atoms. The minimum Gasteiger partial charge on any atom is -0.480 e. The Balaban J connectivity index is 1.61. The predicted octanol–water partition coefficient (Wildman–Crippen LogP) is 2.12. The van der Waals surface area contributed by atoms with Crippen molar-refractivity contribution >= 4 is 23.6 Å². The normalized spacial score (nSPS) is 19.1. The molecule has 9 heteroatoms. The van der Waals surface area contributed by atoms with Crippen molar-refractivity contribution in [3.63, 3.8) is 0 Å². The molecule has 30 heavy (non-hydrogen) atoms. The first-order chi connectivity index (χ1) is 14.6. The Hall–Kier alpha value is -2.78. The molecule has 1 unspecified atom stereocenters. The van der Waals surface area contributed by atoms with Crippen molar-refractivity contribution in [3.8, 4) is 11.8 Å². The highest BCUT2D eigenvalue weighted by molar-refractivity contribution is 7.99. The van der Waals surface area contributed by atoms with E-state index in [4.69, 9.17) is 9.47 Å². The SMILES string of the molecule is COc1nc(N2CCN(C)CC2)nc(OC)c1Sc1cccc(C2C=CC(=O)N2)c1. The van der Waals surface area contributed by atoms with Gasteiger partial charge in [0.25, 0.3) is 0 Å². The molecular formula is C21H25N5O3S. The van der Waals surface area contributed by atoms with Gasteiger partial charge in [0, 0.05) is 37.2 Å². The van der Waals surface area contributed by atoms with Crippen LogP contribution < -0.4 is 19.7 Å². The van der Waals surface area contributed by atoms with Crippen LogP contribution in [0.4, 0.5) is 5.95 Å². The van der Waals surface area contributed by atoms with Crippen molar-refractivity contribution in [3.05, 3.63) is 42.0 Å². The van der Waals surface area contributed by atoms with Crippen LogP contribution >= 0.6 is 11.8 Å². The van der Waals surface area contributed by atoms with E-state index in [1.165, 1.54) is 11.8 Å². The average Bonchev–Trinajstić information content (AvgIpc) is 3.21. The molecule has 1 N–H and O–H groups in total. The Labute approximate surface area is 180 Å². The molecular weight excluding hydrogens is 402 g/mol. The summed E-state index contributed by atoms with van der Waals surface area (Å²) in [5.74, 6) is 1.52. The number of rotatable bonds is 6. The van der Waals surface area contributed by atoms with Gasteiger partial charge in [-0.2, -0.15) is 9.97 Å². The number of hydrogen-bond acceptors (Lipinski definition) is 8. The molecule has 0 radical (unpaired) electrons. The summed E-state index contributed by atoms with van der Waals surface area (Å²) < 4.78 is 11.2. The van der Waals surface area contributed by atoms with Crippen LogP contribution in [0.2, 0.25) is 0 Å². The fourth-order valence-corrected chi connectivity index (χ4v) is 4.44. The molecule has 1 fully saturated rings. The van der Waals surface area contributed by atoms with E-state index in [1.807, 2.05) is 30.3 Å². The Morgan fingerprint density at radius 2 is 1.80 bits per heavy atom. The predicted molar refractivity (Wildman–Crippen MR) is 115 cm³/mol.